The summed E-state index contributed by atoms with van der Waals surface area (Å²) in [6.45, 7) is 0.851. The number of para-hydroxylation sites is 2. The summed E-state index contributed by atoms with van der Waals surface area (Å²) in [6, 6.07) is 7.62. The molecule has 0 fully saturated rings. The number of nitrogens with zero attached hydrogens (tertiary/aromatic N) is 1. The van der Waals surface area contributed by atoms with Crippen LogP contribution in [0.25, 0.3) is 0 Å². The SMILES string of the molecule is O=C1COc2ccccc2N1CCCCCl. The number of benzene rings is 1. The van der Waals surface area contributed by atoms with Crippen molar-refractivity contribution in [2.24, 2.45) is 0 Å². The van der Waals surface area contributed by atoms with Gasteiger partial charge in [0.1, 0.15) is 5.75 Å². The maximum absolute atomic E-state index is 11.7. The lowest BCUT2D eigenvalue weighted by Crippen LogP contribution is -2.39. The molecule has 3 nitrogen and oxygen atoms in total. The van der Waals surface area contributed by atoms with Gasteiger partial charge in [-0.15, -0.1) is 11.6 Å². The predicted octanol–water partition coefficient (Wildman–Crippen LogP) is 2.43. The summed E-state index contributed by atoms with van der Waals surface area (Å²) in [7, 11) is 0. The smallest absolute Gasteiger partial charge is 0.265 e. The number of alkyl halides is 1. The lowest BCUT2D eigenvalue weighted by atomic mass is 10.2. The van der Waals surface area contributed by atoms with Gasteiger partial charge >= 0.3 is 0 Å². The number of anilines is 1. The van der Waals surface area contributed by atoms with E-state index in [4.69, 9.17) is 16.3 Å². The molecule has 0 saturated carbocycles. The molecule has 86 valence electrons. The van der Waals surface area contributed by atoms with Crippen LogP contribution in [0.4, 0.5) is 5.69 Å². The van der Waals surface area contributed by atoms with Gasteiger partial charge < -0.3 is 9.64 Å². The van der Waals surface area contributed by atoms with Gasteiger partial charge in [0.15, 0.2) is 6.61 Å². The van der Waals surface area contributed by atoms with E-state index in [0.29, 0.717) is 12.4 Å². The van der Waals surface area contributed by atoms with E-state index < -0.39 is 0 Å². The van der Waals surface area contributed by atoms with Gasteiger partial charge in [0, 0.05) is 12.4 Å². The van der Waals surface area contributed by atoms with Crippen LogP contribution in [-0.2, 0) is 4.79 Å². The highest BCUT2D eigenvalue weighted by molar-refractivity contribution is 6.17. The van der Waals surface area contributed by atoms with Gasteiger partial charge in [0.2, 0.25) is 0 Å². The second-order valence-electron chi connectivity index (χ2n) is 3.70. The zero-order valence-corrected chi connectivity index (χ0v) is 9.74. The molecule has 0 spiro atoms. The highest BCUT2D eigenvalue weighted by atomic mass is 35.5. The average Bonchev–Trinajstić information content (AvgIpc) is 2.32. The lowest BCUT2D eigenvalue weighted by molar-refractivity contribution is -0.121. The highest BCUT2D eigenvalue weighted by Gasteiger charge is 2.24. The molecular formula is C12H14ClNO2. The summed E-state index contributed by atoms with van der Waals surface area (Å²) < 4.78 is 5.35. The van der Waals surface area contributed by atoms with Crippen LogP contribution in [0.3, 0.4) is 0 Å². The summed E-state index contributed by atoms with van der Waals surface area (Å²) in [6.07, 6.45) is 1.85. The fraction of sp³-hybridized carbons (Fsp3) is 0.417. The van der Waals surface area contributed by atoms with Crippen LogP contribution >= 0.6 is 11.6 Å². The van der Waals surface area contributed by atoms with Gasteiger partial charge in [0.25, 0.3) is 5.91 Å². The zero-order valence-electron chi connectivity index (χ0n) is 8.99. The number of ether oxygens (including phenoxy) is 1. The first kappa shape index (κ1) is 11.3. The Labute approximate surface area is 100.0 Å². The molecule has 0 saturated heterocycles. The highest BCUT2D eigenvalue weighted by Crippen LogP contribution is 2.31. The summed E-state index contributed by atoms with van der Waals surface area (Å²) >= 11 is 5.63. The average molecular weight is 240 g/mol. The number of halogens is 1. The van der Waals surface area contributed by atoms with Gasteiger partial charge in [-0.3, -0.25) is 4.79 Å². The summed E-state index contributed by atoms with van der Waals surface area (Å²) in [5.74, 6) is 1.45. The van der Waals surface area contributed by atoms with E-state index in [-0.39, 0.29) is 12.5 Å². The molecule has 16 heavy (non-hydrogen) atoms. The molecule has 1 aliphatic heterocycles. The van der Waals surface area contributed by atoms with Crippen molar-refractivity contribution >= 4 is 23.2 Å². The second kappa shape index (κ2) is 5.21. The Morgan fingerprint density at radius 2 is 2.12 bits per heavy atom. The van der Waals surface area contributed by atoms with Crippen LogP contribution < -0.4 is 9.64 Å². The Morgan fingerprint density at radius 3 is 2.94 bits per heavy atom. The molecule has 1 aromatic rings. The zero-order chi connectivity index (χ0) is 11.4. The quantitative estimate of drug-likeness (QED) is 0.597. The molecule has 0 radical (unpaired) electrons. The van der Waals surface area contributed by atoms with Gasteiger partial charge in [0.05, 0.1) is 5.69 Å². The Hall–Kier alpha value is -1.22. The van der Waals surface area contributed by atoms with Crippen molar-refractivity contribution in [1.29, 1.82) is 0 Å². The second-order valence-corrected chi connectivity index (χ2v) is 4.08. The van der Waals surface area contributed by atoms with E-state index in [0.717, 1.165) is 24.3 Å². The van der Waals surface area contributed by atoms with E-state index >= 15 is 0 Å². The summed E-state index contributed by atoms with van der Waals surface area (Å²) in [4.78, 5) is 13.5. The third-order valence-electron chi connectivity index (χ3n) is 2.57. The third-order valence-corrected chi connectivity index (χ3v) is 2.84. The number of rotatable bonds is 4. The molecule has 0 aliphatic carbocycles. The van der Waals surface area contributed by atoms with E-state index in [2.05, 4.69) is 0 Å². The normalized spacial score (nSPS) is 14.6. The fourth-order valence-electron chi connectivity index (χ4n) is 1.76. The molecule has 4 heteroatoms. The van der Waals surface area contributed by atoms with Gasteiger partial charge in [-0.25, -0.2) is 0 Å². The van der Waals surface area contributed by atoms with Crippen LogP contribution in [0.15, 0.2) is 24.3 Å². The molecule has 1 aliphatic rings. The summed E-state index contributed by atoms with van der Waals surface area (Å²) in [5, 5.41) is 0. The number of carbonyl (C=O) groups excluding carboxylic acids is 1. The van der Waals surface area contributed by atoms with E-state index in [1.165, 1.54) is 0 Å². The largest absolute Gasteiger partial charge is 0.482 e. The predicted molar refractivity (Wildman–Crippen MR) is 64.2 cm³/mol. The van der Waals surface area contributed by atoms with Crippen molar-refractivity contribution in [2.75, 3.05) is 23.9 Å². The first-order valence-electron chi connectivity index (χ1n) is 5.41. The van der Waals surface area contributed by atoms with Crippen LogP contribution in [0.5, 0.6) is 5.75 Å². The lowest BCUT2D eigenvalue weighted by Gasteiger charge is -2.29. The molecule has 0 unspecified atom stereocenters. The minimum atomic E-state index is 0.0215. The minimum absolute atomic E-state index is 0.0215. The van der Waals surface area contributed by atoms with Crippen molar-refractivity contribution < 1.29 is 9.53 Å². The topological polar surface area (TPSA) is 29.5 Å². The number of carbonyl (C=O) groups is 1. The van der Waals surface area contributed by atoms with Crippen molar-refractivity contribution in [3.63, 3.8) is 0 Å². The molecule has 1 aromatic carbocycles. The van der Waals surface area contributed by atoms with E-state index in [1.54, 1.807) is 4.90 Å². The molecule has 1 amide bonds. The number of amides is 1. The first-order chi connectivity index (χ1) is 7.83. The van der Waals surface area contributed by atoms with E-state index in [1.807, 2.05) is 24.3 Å². The molecule has 0 atom stereocenters. The maximum atomic E-state index is 11.7. The monoisotopic (exact) mass is 239 g/mol. The third kappa shape index (κ3) is 2.30. The molecule has 1 heterocycles. The Morgan fingerprint density at radius 1 is 1.31 bits per heavy atom. The first-order valence-corrected chi connectivity index (χ1v) is 5.94. The standard InChI is InChI=1S/C12H14ClNO2/c13-7-3-4-8-14-10-5-1-2-6-11(10)16-9-12(14)15/h1-2,5-6H,3-4,7-9H2. The van der Waals surface area contributed by atoms with Crippen LogP contribution in [0, 0.1) is 0 Å². The van der Waals surface area contributed by atoms with Crippen molar-refractivity contribution in [1.82, 2.24) is 0 Å². The minimum Gasteiger partial charge on any atom is -0.482 e. The fourth-order valence-corrected chi connectivity index (χ4v) is 1.95. The van der Waals surface area contributed by atoms with Crippen LogP contribution in [0.2, 0.25) is 0 Å². The van der Waals surface area contributed by atoms with E-state index in [9.17, 15) is 4.79 Å². The number of hydrogen-bond donors (Lipinski definition) is 0. The Bertz CT molecular complexity index is 381. The summed E-state index contributed by atoms with van der Waals surface area (Å²) in [5.41, 5.74) is 0.869. The van der Waals surface area contributed by atoms with Crippen molar-refractivity contribution in [2.45, 2.75) is 12.8 Å². The molecular weight excluding hydrogens is 226 g/mol. The number of unbranched alkanes of at least 4 members (excludes halogenated alkanes) is 1. The van der Waals surface area contributed by atoms with Gasteiger partial charge in [-0.1, -0.05) is 12.1 Å². The van der Waals surface area contributed by atoms with Gasteiger partial charge in [-0.05, 0) is 25.0 Å². The Kier molecular flexibility index (Phi) is 3.67. The number of fused-ring (bicyclic) bond motifs is 1. The number of hydrogen-bond acceptors (Lipinski definition) is 2. The molecule has 0 bridgehead atoms. The Balaban J connectivity index is 2.13. The molecule has 2 rings (SSSR count). The molecule has 0 N–H and O–H groups in total. The maximum Gasteiger partial charge on any atom is 0.265 e. The van der Waals surface area contributed by atoms with Crippen molar-refractivity contribution in [3.8, 4) is 5.75 Å². The van der Waals surface area contributed by atoms with Gasteiger partial charge in [-0.2, -0.15) is 0 Å². The van der Waals surface area contributed by atoms with Crippen molar-refractivity contribution in [3.05, 3.63) is 24.3 Å². The molecule has 0 aromatic heterocycles. The van der Waals surface area contributed by atoms with Crippen LogP contribution in [-0.4, -0.2) is 24.9 Å². The van der Waals surface area contributed by atoms with Crippen LogP contribution in [0.1, 0.15) is 12.8 Å².